The molecule has 0 heterocycles. The number of alkyl carbamates (subject to hydrolysis) is 1. The second-order valence-corrected chi connectivity index (χ2v) is 12.7. The quantitative estimate of drug-likeness (QED) is 0.425. The second-order valence-electron chi connectivity index (χ2n) is 12.7. The lowest BCUT2D eigenvalue weighted by Crippen LogP contribution is -2.59. The van der Waals surface area contributed by atoms with Crippen LogP contribution in [0.25, 0.3) is 0 Å². The summed E-state index contributed by atoms with van der Waals surface area (Å²) in [5.74, 6) is 2.16. The summed E-state index contributed by atoms with van der Waals surface area (Å²) >= 11 is 0. The Bertz CT molecular complexity index is 990. The van der Waals surface area contributed by atoms with Gasteiger partial charge in [0, 0.05) is 17.1 Å². The fourth-order valence-corrected chi connectivity index (χ4v) is 4.86. The maximum Gasteiger partial charge on any atom is 0.408 e. The van der Waals surface area contributed by atoms with E-state index in [-0.39, 0.29) is 23.8 Å². The van der Waals surface area contributed by atoms with Gasteiger partial charge in [0.2, 0.25) is 11.8 Å². The zero-order chi connectivity index (χ0) is 28.7. The van der Waals surface area contributed by atoms with Crippen LogP contribution in [0, 0.1) is 18.3 Å². The maximum atomic E-state index is 14.3. The van der Waals surface area contributed by atoms with E-state index in [0.29, 0.717) is 17.5 Å². The second kappa shape index (κ2) is 13.2. The number of amides is 3. The molecule has 0 aromatic heterocycles. The Morgan fingerprint density at radius 3 is 2.08 bits per heavy atom. The van der Waals surface area contributed by atoms with Crippen LogP contribution in [0.4, 0.5) is 4.79 Å². The predicted molar refractivity (Wildman–Crippen MR) is 151 cm³/mol. The molecule has 0 saturated heterocycles. The fraction of sp³-hybridized carbons (Fsp3) is 0.645. The van der Waals surface area contributed by atoms with Crippen molar-refractivity contribution in [2.24, 2.45) is 5.92 Å². The molecule has 0 aliphatic heterocycles. The number of carbonyl (C=O) groups excluding carboxylic acids is 3. The summed E-state index contributed by atoms with van der Waals surface area (Å²) in [5.41, 5.74) is -0.0823. The monoisotopic (exact) mass is 525 g/mol. The van der Waals surface area contributed by atoms with E-state index in [4.69, 9.17) is 11.2 Å². The molecule has 2 rings (SSSR count). The number of terminal acetylenes is 1. The van der Waals surface area contributed by atoms with Crippen LogP contribution >= 0.6 is 0 Å². The van der Waals surface area contributed by atoms with Crippen molar-refractivity contribution in [3.63, 3.8) is 0 Å². The van der Waals surface area contributed by atoms with Crippen LogP contribution < -0.4 is 10.6 Å². The topological polar surface area (TPSA) is 87.7 Å². The Morgan fingerprint density at radius 2 is 1.61 bits per heavy atom. The minimum atomic E-state index is -0.897. The lowest BCUT2D eigenvalue weighted by Gasteiger charge is -2.43. The van der Waals surface area contributed by atoms with Crippen LogP contribution in [-0.4, -0.2) is 46.0 Å². The summed E-state index contributed by atoms with van der Waals surface area (Å²) in [6, 6.07) is 5.51. The van der Waals surface area contributed by atoms with Crippen LogP contribution in [0.2, 0.25) is 0 Å². The van der Waals surface area contributed by atoms with Crippen LogP contribution in [0.15, 0.2) is 24.3 Å². The van der Waals surface area contributed by atoms with Crippen LogP contribution in [0.1, 0.15) is 111 Å². The molecule has 0 spiro atoms. The summed E-state index contributed by atoms with van der Waals surface area (Å²) in [6.45, 7) is 15.0. The zero-order valence-electron chi connectivity index (χ0n) is 24.5. The molecule has 2 unspecified atom stereocenters. The van der Waals surface area contributed by atoms with Gasteiger partial charge in [0.1, 0.15) is 17.7 Å². The van der Waals surface area contributed by atoms with Crippen LogP contribution in [0.5, 0.6) is 0 Å². The highest BCUT2D eigenvalue weighted by Gasteiger charge is 2.42. The third-order valence-corrected chi connectivity index (χ3v) is 6.51. The van der Waals surface area contributed by atoms with Gasteiger partial charge in [-0.3, -0.25) is 9.59 Å². The Kier molecular flexibility index (Phi) is 10.8. The third-order valence-electron chi connectivity index (χ3n) is 6.51. The van der Waals surface area contributed by atoms with E-state index >= 15 is 0 Å². The van der Waals surface area contributed by atoms with Crippen molar-refractivity contribution in [2.45, 2.75) is 123 Å². The molecule has 1 aliphatic carbocycles. The van der Waals surface area contributed by atoms with E-state index in [9.17, 15) is 14.4 Å². The van der Waals surface area contributed by atoms with Gasteiger partial charge >= 0.3 is 6.09 Å². The minimum Gasteiger partial charge on any atom is -0.444 e. The summed E-state index contributed by atoms with van der Waals surface area (Å²) < 4.78 is 5.47. The van der Waals surface area contributed by atoms with Crippen molar-refractivity contribution in [2.75, 3.05) is 0 Å². The fourth-order valence-electron chi connectivity index (χ4n) is 4.86. The van der Waals surface area contributed by atoms with E-state index in [1.54, 1.807) is 37.8 Å². The van der Waals surface area contributed by atoms with Crippen molar-refractivity contribution in [1.82, 2.24) is 15.5 Å². The number of carbonyl (C=O) groups is 3. The van der Waals surface area contributed by atoms with Gasteiger partial charge in [0.25, 0.3) is 0 Å². The number of hydrogen-bond donors (Lipinski definition) is 2. The lowest BCUT2D eigenvalue weighted by atomic mass is 9.92. The Balaban J connectivity index is 2.52. The van der Waals surface area contributed by atoms with Crippen LogP contribution in [-0.2, 0) is 14.3 Å². The predicted octanol–water partition coefficient (Wildman–Crippen LogP) is 5.72. The van der Waals surface area contributed by atoms with Crippen molar-refractivity contribution in [3.05, 3.63) is 35.4 Å². The maximum absolute atomic E-state index is 14.3. The molecule has 38 heavy (non-hydrogen) atoms. The van der Waals surface area contributed by atoms with Gasteiger partial charge in [-0.2, -0.15) is 0 Å². The molecule has 1 aromatic rings. The molecule has 2 N–H and O–H groups in total. The first-order valence-electron chi connectivity index (χ1n) is 13.8. The molecule has 7 heteroatoms. The van der Waals surface area contributed by atoms with Gasteiger partial charge in [-0.15, -0.1) is 6.42 Å². The van der Waals surface area contributed by atoms with Crippen molar-refractivity contribution in [1.29, 1.82) is 0 Å². The number of rotatable bonds is 8. The van der Waals surface area contributed by atoms with E-state index in [1.807, 2.05) is 46.8 Å². The van der Waals surface area contributed by atoms with Crippen molar-refractivity contribution in [3.8, 4) is 12.3 Å². The van der Waals surface area contributed by atoms with E-state index < -0.39 is 29.3 Å². The standard InChI is InChI=1S/C31H47N3O4/c1-10-22-16-18-23(19-17-22)26(27(35)32-24-14-12-11-13-15-24)34(30(4,5)6)28(36)25(20-21(2)3)33-29(37)38-31(7,8)9/h1,16-19,21,24-26H,11-15,20H2,2-9H3,(H,32,35)(H,33,37). The Labute approximate surface area is 229 Å². The number of nitrogens with zero attached hydrogens (tertiary/aromatic N) is 1. The number of benzene rings is 1. The average molecular weight is 526 g/mol. The molecular formula is C31H47N3O4. The molecule has 2 atom stereocenters. The molecule has 1 aliphatic rings. The summed E-state index contributed by atoms with van der Waals surface area (Å²) in [6.07, 6.45) is 10.5. The minimum absolute atomic E-state index is 0.0759. The van der Waals surface area contributed by atoms with Gasteiger partial charge < -0.3 is 20.3 Å². The van der Waals surface area contributed by atoms with E-state index in [2.05, 4.69) is 16.6 Å². The highest BCUT2D eigenvalue weighted by atomic mass is 16.6. The van der Waals surface area contributed by atoms with Crippen molar-refractivity contribution < 1.29 is 19.1 Å². The first-order chi connectivity index (χ1) is 17.6. The largest absolute Gasteiger partial charge is 0.444 e. The average Bonchev–Trinajstić information content (AvgIpc) is 2.80. The van der Waals surface area contributed by atoms with Gasteiger partial charge in [-0.1, -0.05) is 51.2 Å². The van der Waals surface area contributed by atoms with Gasteiger partial charge in [0.05, 0.1) is 0 Å². The molecule has 0 radical (unpaired) electrons. The SMILES string of the molecule is C#Cc1ccc(C(C(=O)NC2CCCCC2)N(C(=O)C(CC(C)C)NC(=O)OC(C)(C)C)C(C)(C)C)cc1. The smallest absolute Gasteiger partial charge is 0.408 e. The highest BCUT2D eigenvalue weighted by molar-refractivity contribution is 5.92. The molecule has 0 bridgehead atoms. The first kappa shape index (κ1) is 31.2. The molecule has 210 valence electrons. The lowest BCUT2D eigenvalue weighted by molar-refractivity contribution is -0.149. The number of ether oxygens (including phenoxy) is 1. The number of nitrogens with one attached hydrogen (secondary N) is 2. The summed E-state index contributed by atoms with van der Waals surface area (Å²) in [4.78, 5) is 42.6. The van der Waals surface area contributed by atoms with Crippen LogP contribution in [0.3, 0.4) is 0 Å². The van der Waals surface area contributed by atoms with Gasteiger partial charge in [-0.25, -0.2) is 4.79 Å². The highest BCUT2D eigenvalue weighted by Crippen LogP contribution is 2.32. The third kappa shape index (κ3) is 9.38. The first-order valence-corrected chi connectivity index (χ1v) is 13.8. The van der Waals surface area contributed by atoms with E-state index in [0.717, 1.165) is 25.7 Å². The van der Waals surface area contributed by atoms with E-state index in [1.165, 1.54) is 6.42 Å². The summed E-state index contributed by atoms with van der Waals surface area (Å²) in [7, 11) is 0. The number of hydrogen-bond acceptors (Lipinski definition) is 4. The molecule has 1 saturated carbocycles. The normalized spacial score (nSPS) is 16.2. The molecule has 3 amide bonds. The van der Waals surface area contributed by atoms with Crippen molar-refractivity contribution >= 4 is 17.9 Å². The molecule has 1 fully saturated rings. The Hall–Kier alpha value is -3.01. The zero-order valence-corrected chi connectivity index (χ0v) is 24.5. The molecule has 7 nitrogen and oxygen atoms in total. The molecular weight excluding hydrogens is 478 g/mol. The molecule has 1 aromatic carbocycles. The van der Waals surface area contributed by atoms with Gasteiger partial charge in [0.15, 0.2) is 0 Å². The summed E-state index contributed by atoms with van der Waals surface area (Å²) in [5, 5.41) is 6.01. The Morgan fingerprint density at radius 1 is 1.03 bits per heavy atom. The van der Waals surface area contributed by atoms with Gasteiger partial charge in [-0.05, 0) is 84.4 Å².